The molecular weight excluding hydrogens is 174 g/mol. The number of rotatable bonds is 3. The van der Waals surface area contributed by atoms with Crippen molar-refractivity contribution in [1.82, 2.24) is 4.98 Å². The smallest absolute Gasteiger partial charge is 0.356 e. The van der Waals surface area contributed by atoms with Crippen molar-refractivity contribution in [1.29, 1.82) is 0 Å². The highest BCUT2D eigenvalue weighted by atomic mass is 32.1. The Morgan fingerprint density at radius 1 is 1.58 bits per heavy atom. The summed E-state index contributed by atoms with van der Waals surface area (Å²) in [5, 5.41) is 0. The summed E-state index contributed by atoms with van der Waals surface area (Å²) in [6.45, 7) is 0.318. The number of pyridine rings is 1. The molecular formula is C8H9NO2S. The number of nitrogens with zero attached hydrogens (tertiary/aromatic N) is 1. The minimum atomic E-state index is -0.398. The largest absolute Gasteiger partial charge is 0.460 e. The molecule has 3 nitrogen and oxygen atoms in total. The van der Waals surface area contributed by atoms with Gasteiger partial charge < -0.3 is 4.74 Å². The van der Waals surface area contributed by atoms with Crippen molar-refractivity contribution >= 4 is 18.6 Å². The van der Waals surface area contributed by atoms with Crippen molar-refractivity contribution in [2.75, 3.05) is 12.4 Å². The minimum Gasteiger partial charge on any atom is -0.460 e. The van der Waals surface area contributed by atoms with Gasteiger partial charge >= 0.3 is 5.97 Å². The second kappa shape index (κ2) is 4.77. The summed E-state index contributed by atoms with van der Waals surface area (Å²) in [5.41, 5.74) is 0.333. The first-order valence-corrected chi connectivity index (χ1v) is 4.17. The van der Waals surface area contributed by atoms with Crippen LogP contribution in [0.1, 0.15) is 10.5 Å². The Morgan fingerprint density at radius 3 is 3.00 bits per heavy atom. The van der Waals surface area contributed by atoms with Crippen molar-refractivity contribution in [3.05, 3.63) is 30.1 Å². The first kappa shape index (κ1) is 9.06. The topological polar surface area (TPSA) is 39.2 Å². The molecule has 0 atom stereocenters. The van der Waals surface area contributed by atoms with Gasteiger partial charge in [0, 0.05) is 11.9 Å². The third-order valence-electron chi connectivity index (χ3n) is 1.20. The van der Waals surface area contributed by atoms with E-state index in [1.165, 1.54) is 0 Å². The minimum absolute atomic E-state index is 0.318. The van der Waals surface area contributed by atoms with Gasteiger partial charge in [0.15, 0.2) is 0 Å². The molecule has 0 amide bonds. The average Bonchev–Trinajstić information content (AvgIpc) is 2.15. The zero-order valence-electron chi connectivity index (χ0n) is 6.43. The number of thiol groups is 1. The molecule has 1 aromatic heterocycles. The molecule has 0 aromatic carbocycles. The maximum absolute atomic E-state index is 11.1. The van der Waals surface area contributed by atoms with Crippen LogP contribution in [0.2, 0.25) is 0 Å². The van der Waals surface area contributed by atoms with Gasteiger partial charge in [0.1, 0.15) is 12.3 Å². The lowest BCUT2D eigenvalue weighted by atomic mass is 10.4. The van der Waals surface area contributed by atoms with E-state index >= 15 is 0 Å². The zero-order chi connectivity index (χ0) is 8.81. The summed E-state index contributed by atoms with van der Waals surface area (Å²) in [4.78, 5) is 14.9. The molecule has 4 heteroatoms. The second-order valence-electron chi connectivity index (χ2n) is 2.07. The quantitative estimate of drug-likeness (QED) is 0.564. The molecule has 0 bridgehead atoms. The fourth-order valence-corrected chi connectivity index (χ4v) is 0.787. The molecule has 0 aliphatic heterocycles. The molecule has 0 spiro atoms. The molecule has 64 valence electrons. The van der Waals surface area contributed by atoms with Crippen molar-refractivity contribution in [2.45, 2.75) is 0 Å². The Kier molecular flexibility index (Phi) is 3.60. The number of ether oxygens (including phenoxy) is 1. The van der Waals surface area contributed by atoms with Crippen LogP contribution in [0.25, 0.3) is 0 Å². The molecule has 0 aliphatic carbocycles. The van der Waals surface area contributed by atoms with Crippen LogP contribution in [0.15, 0.2) is 24.4 Å². The van der Waals surface area contributed by atoms with E-state index in [1.807, 2.05) is 0 Å². The van der Waals surface area contributed by atoms with E-state index in [4.69, 9.17) is 4.74 Å². The molecule has 0 saturated heterocycles. The first-order valence-electron chi connectivity index (χ1n) is 3.53. The zero-order valence-corrected chi connectivity index (χ0v) is 7.33. The van der Waals surface area contributed by atoms with E-state index in [2.05, 4.69) is 17.6 Å². The Morgan fingerprint density at radius 2 is 2.42 bits per heavy atom. The summed E-state index contributed by atoms with van der Waals surface area (Å²) in [6.07, 6.45) is 1.55. The number of hydrogen-bond donors (Lipinski definition) is 1. The summed E-state index contributed by atoms with van der Waals surface area (Å²) in [5.74, 6) is 0.128. The van der Waals surface area contributed by atoms with Crippen molar-refractivity contribution in [3.63, 3.8) is 0 Å². The van der Waals surface area contributed by atoms with Gasteiger partial charge in [-0.2, -0.15) is 12.6 Å². The Bertz CT molecular complexity index is 250. The van der Waals surface area contributed by atoms with Crippen LogP contribution < -0.4 is 0 Å². The molecule has 0 N–H and O–H groups in total. The maximum atomic E-state index is 11.1. The monoisotopic (exact) mass is 183 g/mol. The molecule has 1 rings (SSSR count). The van der Waals surface area contributed by atoms with E-state index in [0.29, 0.717) is 18.1 Å². The Labute approximate surface area is 76.2 Å². The molecule has 12 heavy (non-hydrogen) atoms. The molecule has 1 aromatic rings. The SMILES string of the molecule is O=C(OCCS)c1ccccn1. The van der Waals surface area contributed by atoms with E-state index in [0.717, 1.165) is 0 Å². The highest BCUT2D eigenvalue weighted by Gasteiger charge is 2.05. The van der Waals surface area contributed by atoms with Gasteiger partial charge in [-0.25, -0.2) is 9.78 Å². The number of carbonyl (C=O) groups is 1. The highest BCUT2D eigenvalue weighted by molar-refractivity contribution is 7.80. The maximum Gasteiger partial charge on any atom is 0.356 e. The molecule has 0 saturated carbocycles. The van der Waals surface area contributed by atoms with Crippen molar-refractivity contribution in [2.24, 2.45) is 0 Å². The molecule has 0 unspecified atom stereocenters. The van der Waals surface area contributed by atoms with Gasteiger partial charge in [0.25, 0.3) is 0 Å². The van der Waals surface area contributed by atoms with E-state index in [1.54, 1.807) is 24.4 Å². The summed E-state index contributed by atoms with van der Waals surface area (Å²) < 4.78 is 4.80. The molecule has 0 fully saturated rings. The van der Waals surface area contributed by atoms with E-state index < -0.39 is 5.97 Å². The number of carbonyl (C=O) groups excluding carboxylic acids is 1. The standard InChI is InChI=1S/C8H9NO2S/c10-8(11-5-6-12)7-3-1-2-4-9-7/h1-4,12H,5-6H2. The fourth-order valence-electron chi connectivity index (χ4n) is 0.696. The summed E-state index contributed by atoms with van der Waals surface area (Å²) in [6, 6.07) is 5.10. The summed E-state index contributed by atoms with van der Waals surface area (Å²) in [7, 11) is 0. The first-order chi connectivity index (χ1) is 5.84. The van der Waals surface area contributed by atoms with Crippen LogP contribution in [0.4, 0.5) is 0 Å². The number of aromatic nitrogens is 1. The number of esters is 1. The predicted molar refractivity (Wildman–Crippen MR) is 48.4 cm³/mol. The predicted octanol–water partition coefficient (Wildman–Crippen LogP) is 1.17. The number of hydrogen-bond acceptors (Lipinski definition) is 4. The third-order valence-corrected chi connectivity index (χ3v) is 1.38. The lowest BCUT2D eigenvalue weighted by Gasteiger charge is -2.00. The fraction of sp³-hybridized carbons (Fsp3) is 0.250. The molecule has 1 heterocycles. The van der Waals surface area contributed by atoms with Crippen molar-refractivity contribution in [3.8, 4) is 0 Å². The summed E-state index contributed by atoms with van der Waals surface area (Å²) >= 11 is 3.91. The average molecular weight is 183 g/mol. The lowest BCUT2D eigenvalue weighted by molar-refractivity contribution is 0.0524. The van der Waals surface area contributed by atoms with Crippen LogP contribution in [-0.4, -0.2) is 23.3 Å². The van der Waals surface area contributed by atoms with E-state index in [-0.39, 0.29) is 0 Å². The van der Waals surface area contributed by atoms with Crippen LogP contribution in [0, 0.1) is 0 Å². The van der Waals surface area contributed by atoms with Gasteiger partial charge in [-0.1, -0.05) is 6.07 Å². The Hall–Kier alpha value is -1.03. The van der Waals surface area contributed by atoms with Crippen LogP contribution in [-0.2, 0) is 4.74 Å². The van der Waals surface area contributed by atoms with Crippen LogP contribution >= 0.6 is 12.6 Å². The van der Waals surface area contributed by atoms with E-state index in [9.17, 15) is 4.79 Å². The van der Waals surface area contributed by atoms with Gasteiger partial charge in [-0.3, -0.25) is 0 Å². The normalized spacial score (nSPS) is 9.42. The van der Waals surface area contributed by atoms with Crippen LogP contribution in [0.3, 0.4) is 0 Å². The van der Waals surface area contributed by atoms with Gasteiger partial charge in [-0.15, -0.1) is 0 Å². The van der Waals surface area contributed by atoms with Gasteiger partial charge in [0.05, 0.1) is 0 Å². The van der Waals surface area contributed by atoms with Gasteiger partial charge in [0.2, 0.25) is 0 Å². The van der Waals surface area contributed by atoms with Gasteiger partial charge in [-0.05, 0) is 12.1 Å². The highest BCUT2D eigenvalue weighted by Crippen LogP contribution is 1.96. The Balaban J connectivity index is 2.54. The van der Waals surface area contributed by atoms with Crippen molar-refractivity contribution < 1.29 is 9.53 Å². The molecule has 0 radical (unpaired) electrons. The third kappa shape index (κ3) is 2.54. The van der Waals surface area contributed by atoms with Crippen LogP contribution in [0.5, 0.6) is 0 Å². The second-order valence-corrected chi connectivity index (χ2v) is 2.52. The molecule has 0 aliphatic rings. The lowest BCUT2D eigenvalue weighted by Crippen LogP contribution is -2.08.